The molecule has 0 saturated carbocycles. The number of hydrogen-bond donors (Lipinski definition) is 4. The van der Waals surface area contributed by atoms with E-state index in [0.717, 1.165) is 0 Å². The number of benzene rings is 2. The van der Waals surface area contributed by atoms with E-state index in [1.165, 1.54) is 25.3 Å². The van der Waals surface area contributed by atoms with Gasteiger partial charge in [0.2, 0.25) is 15.9 Å². The molecule has 0 aliphatic carbocycles. The molecule has 0 aliphatic heterocycles. The third-order valence-corrected chi connectivity index (χ3v) is 5.75. The van der Waals surface area contributed by atoms with Gasteiger partial charge >= 0.3 is 6.03 Å². The molecule has 1 aromatic heterocycles. The molecule has 10 heteroatoms. The number of rotatable bonds is 8. The molecule has 0 aliphatic rings. The smallest absolute Gasteiger partial charge is 0.319 e. The molecule has 0 bridgehead atoms. The molecular weight excluding hydrogens is 420 g/mol. The van der Waals surface area contributed by atoms with Crippen molar-refractivity contribution in [2.45, 2.75) is 24.4 Å². The number of sulfonamides is 1. The summed E-state index contributed by atoms with van der Waals surface area (Å²) >= 11 is 0. The van der Waals surface area contributed by atoms with Crippen molar-refractivity contribution in [3.63, 3.8) is 0 Å². The second-order valence-corrected chi connectivity index (χ2v) is 8.32. The first-order valence-electron chi connectivity index (χ1n) is 9.39. The van der Waals surface area contributed by atoms with Crippen LogP contribution in [0, 0.1) is 0 Å². The van der Waals surface area contributed by atoms with E-state index in [0.29, 0.717) is 17.1 Å². The first kappa shape index (κ1) is 22.1. The maximum Gasteiger partial charge on any atom is 0.319 e. The first-order valence-corrected chi connectivity index (χ1v) is 10.9. The van der Waals surface area contributed by atoms with Gasteiger partial charge in [-0.05, 0) is 55.5 Å². The zero-order chi connectivity index (χ0) is 22.3. The first-order chi connectivity index (χ1) is 14.8. The molecule has 162 valence electrons. The normalized spacial score (nSPS) is 12.0. The average molecular weight is 442 g/mol. The van der Waals surface area contributed by atoms with Gasteiger partial charge in [0, 0.05) is 11.4 Å². The van der Waals surface area contributed by atoms with Crippen LogP contribution in [0.5, 0.6) is 0 Å². The lowest BCUT2D eigenvalue weighted by Gasteiger charge is -2.15. The van der Waals surface area contributed by atoms with Gasteiger partial charge in [0.1, 0.15) is 5.76 Å². The molecule has 0 radical (unpaired) electrons. The highest BCUT2D eigenvalue weighted by Crippen LogP contribution is 2.14. The van der Waals surface area contributed by atoms with E-state index in [9.17, 15) is 18.0 Å². The predicted molar refractivity (Wildman–Crippen MR) is 116 cm³/mol. The molecule has 31 heavy (non-hydrogen) atoms. The molecule has 3 aromatic rings. The molecule has 0 spiro atoms. The molecule has 9 nitrogen and oxygen atoms in total. The minimum Gasteiger partial charge on any atom is -0.467 e. The third kappa shape index (κ3) is 6.43. The summed E-state index contributed by atoms with van der Waals surface area (Å²) in [5.41, 5.74) is 0.977. The monoisotopic (exact) mass is 442 g/mol. The Morgan fingerprint density at radius 1 is 0.903 bits per heavy atom. The van der Waals surface area contributed by atoms with Crippen molar-refractivity contribution in [3.05, 3.63) is 78.8 Å². The Morgan fingerprint density at radius 2 is 1.55 bits per heavy atom. The van der Waals surface area contributed by atoms with E-state index >= 15 is 0 Å². The molecule has 1 heterocycles. The van der Waals surface area contributed by atoms with Crippen molar-refractivity contribution in [2.24, 2.45) is 0 Å². The van der Waals surface area contributed by atoms with Crippen LogP contribution < -0.4 is 20.7 Å². The van der Waals surface area contributed by atoms with Gasteiger partial charge in [0.25, 0.3) is 0 Å². The van der Waals surface area contributed by atoms with Gasteiger partial charge in [0.05, 0.1) is 23.7 Å². The molecule has 3 amide bonds. The van der Waals surface area contributed by atoms with E-state index in [1.807, 2.05) is 0 Å². The fraction of sp³-hybridized carbons (Fsp3) is 0.143. The Bertz CT molecular complexity index is 1110. The highest BCUT2D eigenvalue weighted by molar-refractivity contribution is 7.89. The Morgan fingerprint density at radius 3 is 2.16 bits per heavy atom. The van der Waals surface area contributed by atoms with Crippen LogP contribution in [-0.2, 0) is 21.4 Å². The highest BCUT2D eigenvalue weighted by atomic mass is 32.2. The lowest BCUT2D eigenvalue weighted by Crippen LogP contribution is -2.41. The Kier molecular flexibility index (Phi) is 7.06. The summed E-state index contributed by atoms with van der Waals surface area (Å²) in [6, 6.07) is 16.3. The topological polar surface area (TPSA) is 130 Å². The fourth-order valence-corrected chi connectivity index (χ4v) is 3.82. The Labute approximate surface area is 179 Å². The number of anilines is 2. The van der Waals surface area contributed by atoms with Crippen LogP contribution in [0.2, 0.25) is 0 Å². The lowest BCUT2D eigenvalue weighted by molar-refractivity contribution is -0.117. The summed E-state index contributed by atoms with van der Waals surface area (Å²) < 4.78 is 32.1. The van der Waals surface area contributed by atoms with Crippen LogP contribution in [0.1, 0.15) is 12.7 Å². The summed E-state index contributed by atoms with van der Waals surface area (Å²) in [6.45, 7) is 1.71. The summed E-state index contributed by atoms with van der Waals surface area (Å²) in [4.78, 5) is 24.3. The molecule has 4 N–H and O–H groups in total. The van der Waals surface area contributed by atoms with E-state index in [4.69, 9.17) is 4.42 Å². The van der Waals surface area contributed by atoms with Crippen LogP contribution >= 0.6 is 0 Å². The highest BCUT2D eigenvalue weighted by Gasteiger charge is 2.21. The van der Waals surface area contributed by atoms with Crippen LogP contribution in [0.15, 0.2) is 82.3 Å². The quantitative estimate of drug-likeness (QED) is 0.426. The van der Waals surface area contributed by atoms with E-state index in [2.05, 4.69) is 20.7 Å². The minimum absolute atomic E-state index is 0.0791. The van der Waals surface area contributed by atoms with Gasteiger partial charge in [0.15, 0.2) is 0 Å². The van der Waals surface area contributed by atoms with Crippen LogP contribution in [0.25, 0.3) is 0 Å². The van der Waals surface area contributed by atoms with Crippen molar-refractivity contribution in [2.75, 3.05) is 10.6 Å². The van der Waals surface area contributed by atoms with Crippen molar-refractivity contribution in [1.29, 1.82) is 0 Å². The maximum atomic E-state index is 12.4. The van der Waals surface area contributed by atoms with Crippen LogP contribution in [0.3, 0.4) is 0 Å². The van der Waals surface area contributed by atoms with Crippen molar-refractivity contribution < 1.29 is 22.4 Å². The Balaban J connectivity index is 1.50. The minimum atomic E-state index is -3.81. The maximum absolute atomic E-state index is 12.4. The van der Waals surface area contributed by atoms with Gasteiger partial charge < -0.3 is 20.4 Å². The number of furan rings is 1. The van der Waals surface area contributed by atoms with Crippen molar-refractivity contribution >= 4 is 33.3 Å². The number of urea groups is 1. The largest absolute Gasteiger partial charge is 0.467 e. The van der Waals surface area contributed by atoms with Gasteiger partial charge in [-0.25, -0.2) is 13.2 Å². The van der Waals surface area contributed by atoms with Gasteiger partial charge in [-0.15, -0.1) is 0 Å². The van der Waals surface area contributed by atoms with Gasteiger partial charge in [-0.2, -0.15) is 4.72 Å². The zero-order valence-corrected chi connectivity index (χ0v) is 17.5. The molecule has 2 aromatic carbocycles. The molecule has 0 unspecified atom stereocenters. The van der Waals surface area contributed by atoms with E-state index in [-0.39, 0.29) is 11.4 Å². The number of carbonyl (C=O) groups excluding carboxylic acids is 2. The SMILES string of the molecule is C[C@H](NS(=O)(=O)c1ccccc1)C(=O)Nc1ccc(NC(=O)NCc2ccco2)cc1. The third-order valence-electron chi connectivity index (χ3n) is 4.19. The standard InChI is InChI=1S/C21H22N4O5S/c1-15(25-31(28,29)19-7-3-2-4-8-19)20(26)23-16-9-11-17(12-10-16)24-21(27)22-14-18-6-5-13-30-18/h2-13,15,25H,14H2,1H3,(H,23,26)(H2,22,24,27)/t15-/m0/s1. The number of amides is 3. The fourth-order valence-electron chi connectivity index (χ4n) is 2.60. The van der Waals surface area contributed by atoms with Crippen molar-refractivity contribution in [3.8, 4) is 0 Å². The second kappa shape index (κ2) is 9.92. The van der Waals surface area contributed by atoms with Crippen LogP contribution in [0.4, 0.5) is 16.2 Å². The van der Waals surface area contributed by atoms with Crippen LogP contribution in [-0.4, -0.2) is 26.4 Å². The molecule has 1 atom stereocenters. The van der Waals surface area contributed by atoms with E-state index in [1.54, 1.807) is 54.6 Å². The summed E-state index contributed by atoms with van der Waals surface area (Å²) in [7, 11) is -3.81. The van der Waals surface area contributed by atoms with Gasteiger partial charge in [-0.1, -0.05) is 18.2 Å². The number of nitrogens with one attached hydrogen (secondary N) is 4. The summed E-state index contributed by atoms with van der Waals surface area (Å²) in [5.74, 6) is 0.113. The van der Waals surface area contributed by atoms with E-state index < -0.39 is 28.0 Å². The molecule has 3 rings (SSSR count). The van der Waals surface area contributed by atoms with Crippen molar-refractivity contribution in [1.82, 2.24) is 10.0 Å². The summed E-state index contributed by atoms with van der Waals surface area (Å²) in [6.07, 6.45) is 1.52. The second-order valence-electron chi connectivity index (χ2n) is 6.61. The van der Waals surface area contributed by atoms with Gasteiger partial charge in [-0.3, -0.25) is 4.79 Å². The zero-order valence-electron chi connectivity index (χ0n) is 16.7. The lowest BCUT2D eigenvalue weighted by atomic mass is 10.2. The average Bonchev–Trinajstić information content (AvgIpc) is 3.28. The Hall–Kier alpha value is -3.63. The number of carbonyl (C=O) groups is 2. The molecular formula is C21H22N4O5S. The molecule has 0 fully saturated rings. The molecule has 0 saturated heterocycles. The number of hydrogen-bond acceptors (Lipinski definition) is 5. The predicted octanol–water partition coefficient (Wildman–Crippen LogP) is 2.91. The summed E-state index contributed by atoms with van der Waals surface area (Å²) in [5, 5.41) is 7.95.